The summed E-state index contributed by atoms with van der Waals surface area (Å²) >= 11 is 0. The fraction of sp³-hybridized carbons (Fsp3) is 0.333. The first-order valence-corrected chi connectivity index (χ1v) is 6.74. The van der Waals surface area contributed by atoms with Crippen LogP contribution in [0.15, 0.2) is 34.7 Å². The number of non-ortho nitro benzene ring substituents is 1. The van der Waals surface area contributed by atoms with Crippen LogP contribution in [0.4, 0.5) is 11.4 Å². The molecular weight excluding hydrogens is 272 g/mol. The molecule has 1 N–H and O–H groups in total. The summed E-state index contributed by atoms with van der Waals surface area (Å²) in [6.45, 7) is 6.09. The minimum Gasteiger partial charge on any atom is -0.494 e. The number of furan rings is 1. The maximum atomic E-state index is 11.0. The van der Waals surface area contributed by atoms with E-state index in [-0.39, 0.29) is 11.7 Å². The smallest absolute Gasteiger partial charge is 0.275 e. The van der Waals surface area contributed by atoms with Crippen molar-refractivity contribution < 1.29 is 14.1 Å². The van der Waals surface area contributed by atoms with E-state index in [2.05, 4.69) is 5.32 Å². The number of nitro benzene ring substituents is 1. The quantitative estimate of drug-likeness (QED) is 0.641. The van der Waals surface area contributed by atoms with Gasteiger partial charge in [0, 0.05) is 17.8 Å². The zero-order valence-electron chi connectivity index (χ0n) is 12.3. The molecule has 0 saturated heterocycles. The van der Waals surface area contributed by atoms with Crippen molar-refractivity contribution in [2.45, 2.75) is 26.8 Å². The Hall–Kier alpha value is -2.50. The predicted molar refractivity (Wildman–Crippen MR) is 79.7 cm³/mol. The lowest BCUT2D eigenvalue weighted by molar-refractivity contribution is -0.384. The molecule has 0 aliphatic heterocycles. The molecular formula is C15H18N2O4. The van der Waals surface area contributed by atoms with Gasteiger partial charge in [-0.15, -0.1) is 0 Å². The first kappa shape index (κ1) is 14.9. The number of benzene rings is 1. The molecule has 1 unspecified atom stereocenters. The molecule has 0 fully saturated rings. The number of anilines is 1. The second kappa shape index (κ2) is 6.30. The Balaban J connectivity index is 2.23. The average Bonchev–Trinajstić information content (AvgIpc) is 2.85. The number of nitrogens with zero attached hydrogens (tertiary/aromatic N) is 1. The summed E-state index contributed by atoms with van der Waals surface area (Å²) in [5, 5.41) is 14.2. The predicted octanol–water partition coefficient (Wildman–Crippen LogP) is 4.07. The molecule has 21 heavy (non-hydrogen) atoms. The van der Waals surface area contributed by atoms with Crippen LogP contribution >= 0.6 is 0 Å². The van der Waals surface area contributed by atoms with Gasteiger partial charge in [-0.1, -0.05) is 0 Å². The third kappa shape index (κ3) is 3.75. The summed E-state index contributed by atoms with van der Waals surface area (Å²) < 4.78 is 10.9. The van der Waals surface area contributed by atoms with E-state index in [4.69, 9.17) is 9.15 Å². The van der Waals surface area contributed by atoms with E-state index in [0.29, 0.717) is 18.0 Å². The first-order valence-electron chi connectivity index (χ1n) is 6.74. The van der Waals surface area contributed by atoms with E-state index in [9.17, 15) is 10.1 Å². The third-order valence-corrected chi connectivity index (χ3v) is 2.98. The third-order valence-electron chi connectivity index (χ3n) is 2.98. The van der Waals surface area contributed by atoms with Gasteiger partial charge in [0.25, 0.3) is 5.69 Å². The Morgan fingerprint density at radius 2 is 2.14 bits per heavy atom. The molecule has 6 nitrogen and oxygen atoms in total. The first-order chi connectivity index (χ1) is 9.99. The fourth-order valence-corrected chi connectivity index (χ4v) is 2.03. The topological polar surface area (TPSA) is 77.5 Å². The van der Waals surface area contributed by atoms with Crippen molar-refractivity contribution in [2.24, 2.45) is 0 Å². The van der Waals surface area contributed by atoms with E-state index in [1.807, 2.05) is 32.9 Å². The van der Waals surface area contributed by atoms with Gasteiger partial charge in [0.2, 0.25) is 0 Å². The van der Waals surface area contributed by atoms with Crippen LogP contribution < -0.4 is 10.1 Å². The molecule has 0 aliphatic rings. The van der Waals surface area contributed by atoms with Gasteiger partial charge >= 0.3 is 0 Å². The zero-order valence-corrected chi connectivity index (χ0v) is 12.3. The van der Waals surface area contributed by atoms with Crippen molar-refractivity contribution in [1.29, 1.82) is 0 Å². The van der Waals surface area contributed by atoms with Crippen LogP contribution in [0.25, 0.3) is 0 Å². The van der Waals surface area contributed by atoms with Crippen LogP contribution in [0, 0.1) is 17.0 Å². The fourth-order valence-electron chi connectivity index (χ4n) is 2.03. The van der Waals surface area contributed by atoms with Crippen molar-refractivity contribution in [3.05, 3.63) is 52.0 Å². The summed E-state index contributed by atoms with van der Waals surface area (Å²) in [6, 6.07) is 8.30. The number of hydrogen-bond donors (Lipinski definition) is 1. The molecule has 112 valence electrons. The van der Waals surface area contributed by atoms with Crippen molar-refractivity contribution in [3.63, 3.8) is 0 Å². The van der Waals surface area contributed by atoms with E-state index < -0.39 is 4.92 Å². The van der Waals surface area contributed by atoms with Gasteiger partial charge < -0.3 is 14.5 Å². The van der Waals surface area contributed by atoms with Gasteiger partial charge in [0.15, 0.2) is 0 Å². The van der Waals surface area contributed by atoms with Gasteiger partial charge in [-0.2, -0.15) is 0 Å². The minimum absolute atomic E-state index is 0.00808. The maximum Gasteiger partial charge on any atom is 0.275 e. The Morgan fingerprint density at radius 3 is 2.71 bits per heavy atom. The zero-order chi connectivity index (χ0) is 15.4. The number of rotatable bonds is 6. The van der Waals surface area contributed by atoms with Crippen LogP contribution in [0.2, 0.25) is 0 Å². The molecule has 0 amide bonds. The molecule has 0 radical (unpaired) electrons. The Kier molecular flexibility index (Phi) is 4.47. The van der Waals surface area contributed by atoms with Crippen molar-refractivity contribution >= 4 is 11.4 Å². The summed E-state index contributed by atoms with van der Waals surface area (Å²) in [5.74, 6) is 2.07. The summed E-state index contributed by atoms with van der Waals surface area (Å²) in [6.07, 6.45) is 0. The van der Waals surface area contributed by atoms with Crippen LogP contribution in [0.3, 0.4) is 0 Å². The molecule has 1 aromatic carbocycles. The van der Waals surface area contributed by atoms with Gasteiger partial charge in [0.1, 0.15) is 17.3 Å². The number of hydrogen-bond acceptors (Lipinski definition) is 5. The molecule has 1 heterocycles. The van der Waals surface area contributed by atoms with Gasteiger partial charge in [-0.3, -0.25) is 10.1 Å². The van der Waals surface area contributed by atoms with Crippen LogP contribution in [-0.4, -0.2) is 11.5 Å². The Morgan fingerprint density at radius 1 is 1.38 bits per heavy atom. The number of aryl methyl sites for hydroxylation is 1. The largest absolute Gasteiger partial charge is 0.494 e. The molecule has 0 bridgehead atoms. The monoisotopic (exact) mass is 290 g/mol. The van der Waals surface area contributed by atoms with Crippen molar-refractivity contribution in [2.75, 3.05) is 11.9 Å². The molecule has 0 aliphatic carbocycles. The minimum atomic E-state index is -0.435. The maximum absolute atomic E-state index is 11.0. The molecule has 2 rings (SSSR count). The second-order valence-electron chi connectivity index (χ2n) is 4.72. The highest BCUT2D eigenvalue weighted by Crippen LogP contribution is 2.29. The Bertz CT molecular complexity index is 636. The second-order valence-corrected chi connectivity index (χ2v) is 4.72. The molecule has 0 spiro atoms. The van der Waals surface area contributed by atoms with E-state index in [1.165, 1.54) is 12.1 Å². The number of ether oxygens (including phenoxy) is 1. The summed E-state index contributed by atoms with van der Waals surface area (Å²) in [5.41, 5.74) is 0.612. The lowest BCUT2D eigenvalue weighted by atomic mass is 10.2. The number of nitro groups is 1. The van der Waals surface area contributed by atoms with Gasteiger partial charge in [0.05, 0.1) is 23.6 Å². The summed E-state index contributed by atoms with van der Waals surface area (Å²) in [7, 11) is 0. The van der Waals surface area contributed by atoms with Gasteiger partial charge in [-0.05, 0) is 32.9 Å². The van der Waals surface area contributed by atoms with E-state index in [0.717, 1.165) is 11.5 Å². The molecule has 1 aromatic heterocycles. The van der Waals surface area contributed by atoms with Crippen LogP contribution in [0.5, 0.6) is 5.75 Å². The SMILES string of the molecule is CCOc1cc(NC(C)c2ccc(C)o2)cc([N+](=O)[O-])c1. The highest BCUT2D eigenvalue weighted by atomic mass is 16.6. The summed E-state index contributed by atoms with van der Waals surface area (Å²) in [4.78, 5) is 10.5. The Labute approximate surface area is 122 Å². The average molecular weight is 290 g/mol. The molecule has 0 saturated carbocycles. The lowest BCUT2D eigenvalue weighted by Gasteiger charge is -2.14. The molecule has 1 atom stereocenters. The van der Waals surface area contributed by atoms with E-state index in [1.54, 1.807) is 6.07 Å². The van der Waals surface area contributed by atoms with Gasteiger partial charge in [-0.25, -0.2) is 0 Å². The highest BCUT2D eigenvalue weighted by molar-refractivity contribution is 5.57. The number of nitrogens with one attached hydrogen (secondary N) is 1. The van der Waals surface area contributed by atoms with E-state index >= 15 is 0 Å². The molecule has 6 heteroatoms. The molecule has 2 aromatic rings. The highest BCUT2D eigenvalue weighted by Gasteiger charge is 2.14. The van der Waals surface area contributed by atoms with Crippen molar-refractivity contribution in [3.8, 4) is 5.75 Å². The van der Waals surface area contributed by atoms with Crippen molar-refractivity contribution in [1.82, 2.24) is 0 Å². The lowest BCUT2D eigenvalue weighted by Crippen LogP contribution is -2.06. The standard InChI is InChI=1S/C15H18N2O4/c1-4-20-14-8-12(7-13(9-14)17(18)19)16-11(3)15-6-5-10(2)21-15/h5-9,11,16H,4H2,1-3H3. The normalized spacial score (nSPS) is 12.0. The van der Waals surface area contributed by atoms with Crippen LogP contribution in [-0.2, 0) is 0 Å². The van der Waals surface area contributed by atoms with Crippen LogP contribution in [0.1, 0.15) is 31.4 Å².